The molecule has 0 heterocycles. The van der Waals surface area contributed by atoms with Gasteiger partial charge in [-0.2, -0.15) is 0 Å². The molecule has 20 heavy (non-hydrogen) atoms. The average Bonchev–Trinajstić information content (AvgIpc) is 2.46. The number of hydrogen-bond donors (Lipinski definition) is 0. The number of rotatable bonds is 5. The Kier molecular flexibility index (Phi) is 4.91. The van der Waals surface area contributed by atoms with Crippen molar-refractivity contribution in [2.75, 3.05) is 5.75 Å². The zero-order chi connectivity index (χ0) is 14.6. The summed E-state index contributed by atoms with van der Waals surface area (Å²) in [4.78, 5) is 11.9. The molecule has 2 rings (SSSR count). The Morgan fingerprint density at radius 1 is 1.10 bits per heavy atom. The summed E-state index contributed by atoms with van der Waals surface area (Å²) in [7, 11) is -3.19. The highest BCUT2D eigenvalue weighted by atomic mass is 32.2. The molecule has 0 radical (unpaired) electrons. The predicted molar refractivity (Wildman–Crippen MR) is 76.0 cm³/mol. The number of Topliss-reactive ketones (excluding diaryl/α,β-unsaturated/α-hetero) is 1. The van der Waals surface area contributed by atoms with Crippen LogP contribution in [-0.4, -0.2) is 25.2 Å². The zero-order valence-electron chi connectivity index (χ0n) is 11.3. The standard InChI is InChI=1S/C15H19FO3S/c16-13-8-6-12(7-9-13)15(17)10-11-20(18,19)14-4-2-1-3-5-14/h6-9,14H,1-5,10-11H2. The molecule has 0 saturated heterocycles. The lowest BCUT2D eigenvalue weighted by Crippen LogP contribution is -2.27. The lowest BCUT2D eigenvalue weighted by Gasteiger charge is -2.21. The van der Waals surface area contributed by atoms with Crippen molar-refractivity contribution in [2.45, 2.75) is 43.8 Å². The SMILES string of the molecule is O=C(CCS(=O)(=O)C1CCCCC1)c1ccc(F)cc1. The van der Waals surface area contributed by atoms with Crippen LogP contribution in [0.5, 0.6) is 0 Å². The van der Waals surface area contributed by atoms with E-state index in [0.29, 0.717) is 18.4 Å². The molecule has 1 aliphatic rings. The fraction of sp³-hybridized carbons (Fsp3) is 0.533. The van der Waals surface area contributed by atoms with Crippen molar-refractivity contribution in [3.63, 3.8) is 0 Å². The van der Waals surface area contributed by atoms with Crippen LogP contribution < -0.4 is 0 Å². The molecule has 1 saturated carbocycles. The van der Waals surface area contributed by atoms with Crippen LogP contribution in [0.1, 0.15) is 48.9 Å². The molecule has 0 unspecified atom stereocenters. The van der Waals surface area contributed by atoms with E-state index < -0.39 is 15.7 Å². The topological polar surface area (TPSA) is 51.2 Å². The molecule has 0 amide bonds. The van der Waals surface area contributed by atoms with Crippen LogP contribution in [-0.2, 0) is 9.84 Å². The summed E-state index contributed by atoms with van der Waals surface area (Å²) in [6, 6.07) is 5.21. The van der Waals surface area contributed by atoms with E-state index in [1.165, 1.54) is 24.3 Å². The Balaban J connectivity index is 1.93. The Bertz CT molecular complexity index is 557. The first kappa shape index (κ1) is 15.2. The van der Waals surface area contributed by atoms with Gasteiger partial charge in [-0.1, -0.05) is 19.3 Å². The normalized spacial score (nSPS) is 17.1. The van der Waals surface area contributed by atoms with E-state index in [9.17, 15) is 17.6 Å². The molecule has 0 spiro atoms. The highest BCUT2D eigenvalue weighted by Crippen LogP contribution is 2.24. The molecule has 1 fully saturated rings. The lowest BCUT2D eigenvalue weighted by molar-refractivity contribution is 0.0988. The van der Waals surface area contributed by atoms with E-state index in [2.05, 4.69) is 0 Å². The van der Waals surface area contributed by atoms with Gasteiger partial charge in [0.25, 0.3) is 0 Å². The summed E-state index contributed by atoms with van der Waals surface area (Å²) in [5.74, 6) is -0.755. The van der Waals surface area contributed by atoms with Gasteiger partial charge in [0, 0.05) is 12.0 Å². The van der Waals surface area contributed by atoms with Gasteiger partial charge < -0.3 is 0 Å². The predicted octanol–water partition coefficient (Wildman–Crippen LogP) is 3.15. The molecule has 3 nitrogen and oxygen atoms in total. The first-order chi connectivity index (χ1) is 9.49. The summed E-state index contributed by atoms with van der Waals surface area (Å²) in [5.41, 5.74) is 0.366. The molecular formula is C15H19FO3S. The van der Waals surface area contributed by atoms with Crippen molar-refractivity contribution < 1.29 is 17.6 Å². The fourth-order valence-corrected chi connectivity index (χ4v) is 4.46. The number of ketones is 1. The monoisotopic (exact) mass is 298 g/mol. The minimum absolute atomic E-state index is 0.0233. The van der Waals surface area contributed by atoms with Crippen molar-refractivity contribution in [3.8, 4) is 0 Å². The van der Waals surface area contributed by atoms with E-state index >= 15 is 0 Å². The number of sulfone groups is 1. The maximum absolute atomic E-state index is 12.8. The highest BCUT2D eigenvalue weighted by Gasteiger charge is 2.27. The van der Waals surface area contributed by atoms with Gasteiger partial charge in [0.1, 0.15) is 5.82 Å². The number of carbonyl (C=O) groups is 1. The molecule has 110 valence electrons. The third-order valence-corrected chi connectivity index (χ3v) is 6.10. The number of hydrogen-bond acceptors (Lipinski definition) is 3. The van der Waals surface area contributed by atoms with Gasteiger partial charge in [-0.05, 0) is 37.1 Å². The van der Waals surface area contributed by atoms with Crippen molar-refractivity contribution in [2.24, 2.45) is 0 Å². The van der Waals surface area contributed by atoms with Gasteiger partial charge in [-0.25, -0.2) is 12.8 Å². The second-order valence-corrected chi connectivity index (χ2v) is 7.71. The van der Waals surface area contributed by atoms with Gasteiger partial charge in [-0.15, -0.1) is 0 Å². The van der Waals surface area contributed by atoms with E-state index in [4.69, 9.17) is 0 Å². The molecular weight excluding hydrogens is 279 g/mol. The maximum Gasteiger partial charge on any atom is 0.163 e. The molecule has 1 aromatic rings. The largest absolute Gasteiger partial charge is 0.294 e. The molecule has 0 bridgehead atoms. The lowest BCUT2D eigenvalue weighted by atomic mass is 10.0. The summed E-state index contributed by atoms with van der Waals surface area (Å²) >= 11 is 0. The summed E-state index contributed by atoms with van der Waals surface area (Å²) in [5, 5.41) is -0.280. The van der Waals surface area contributed by atoms with Crippen molar-refractivity contribution >= 4 is 15.6 Å². The van der Waals surface area contributed by atoms with Gasteiger partial charge in [0.15, 0.2) is 15.6 Å². The van der Waals surface area contributed by atoms with Crippen LogP contribution >= 0.6 is 0 Å². The summed E-state index contributed by atoms with van der Waals surface area (Å²) in [6.45, 7) is 0. The second kappa shape index (κ2) is 6.48. The molecule has 0 aliphatic heterocycles. The third kappa shape index (κ3) is 3.88. The summed E-state index contributed by atoms with van der Waals surface area (Å²) in [6.07, 6.45) is 4.41. The highest BCUT2D eigenvalue weighted by molar-refractivity contribution is 7.92. The van der Waals surface area contributed by atoms with Crippen LogP contribution in [0.25, 0.3) is 0 Å². The molecule has 1 aromatic carbocycles. The first-order valence-corrected chi connectivity index (χ1v) is 8.71. The average molecular weight is 298 g/mol. The Morgan fingerprint density at radius 3 is 2.30 bits per heavy atom. The fourth-order valence-electron chi connectivity index (χ4n) is 2.61. The summed E-state index contributed by atoms with van der Waals surface area (Å²) < 4.78 is 37.1. The minimum atomic E-state index is -3.19. The second-order valence-electron chi connectivity index (χ2n) is 5.31. The van der Waals surface area contributed by atoms with E-state index in [0.717, 1.165) is 19.3 Å². The van der Waals surface area contributed by atoms with Gasteiger partial charge in [0.05, 0.1) is 11.0 Å². The van der Waals surface area contributed by atoms with Gasteiger partial charge in [0.2, 0.25) is 0 Å². The third-order valence-electron chi connectivity index (χ3n) is 3.84. The van der Waals surface area contributed by atoms with E-state index in [1.54, 1.807) is 0 Å². The molecule has 0 atom stereocenters. The number of carbonyl (C=O) groups excluding carboxylic acids is 1. The molecule has 1 aliphatic carbocycles. The van der Waals surface area contributed by atoms with Gasteiger partial charge in [-0.3, -0.25) is 4.79 Å². The first-order valence-electron chi connectivity index (χ1n) is 6.99. The minimum Gasteiger partial charge on any atom is -0.294 e. The van der Waals surface area contributed by atoms with Crippen LogP contribution in [0, 0.1) is 5.82 Å². The van der Waals surface area contributed by atoms with Crippen molar-refractivity contribution in [1.82, 2.24) is 0 Å². The molecule has 5 heteroatoms. The van der Waals surface area contributed by atoms with E-state index in [-0.39, 0.29) is 23.2 Å². The quantitative estimate of drug-likeness (QED) is 0.785. The van der Waals surface area contributed by atoms with Crippen molar-refractivity contribution in [3.05, 3.63) is 35.6 Å². The Labute approximate surface area is 119 Å². The van der Waals surface area contributed by atoms with Crippen LogP contribution in [0.2, 0.25) is 0 Å². The smallest absolute Gasteiger partial charge is 0.163 e. The number of halogens is 1. The van der Waals surface area contributed by atoms with Crippen LogP contribution in [0.15, 0.2) is 24.3 Å². The maximum atomic E-state index is 12.8. The Morgan fingerprint density at radius 2 is 1.70 bits per heavy atom. The van der Waals surface area contributed by atoms with Gasteiger partial charge >= 0.3 is 0 Å². The Hall–Kier alpha value is -1.23. The molecule has 0 N–H and O–H groups in total. The zero-order valence-corrected chi connectivity index (χ0v) is 12.2. The van der Waals surface area contributed by atoms with E-state index in [1.807, 2.05) is 0 Å². The van der Waals surface area contributed by atoms with Crippen LogP contribution in [0.3, 0.4) is 0 Å². The molecule has 0 aromatic heterocycles. The number of benzene rings is 1. The van der Waals surface area contributed by atoms with Crippen LogP contribution in [0.4, 0.5) is 4.39 Å². The van der Waals surface area contributed by atoms with Crippen molar-refractivity contribution in [1.29, 1.82) is 0 Å².